The highest BCUT2D eigenvalue weighted by atomic mass is 16.3. The van der Waals surface area contributed by atoms with E-state index in [1.165, 1.54) is 6.42 Å². The zero-order valence-corrected chi connectivity index (χ0v) is 10.4. The van der Waals surface area contributed by atoms with Crippen LogP contribution in [0.4, 0.5) is 11.4 Å². The van der Waals surface area contributed by atoms with Crippen molar-refractivity contribution < 1.29 is 5.11 Å². The van der Waals surface area contributed by atoms with Crippen LogP contribution in [0.25, 0.3) is 0 Å². The SMILES string of the molecule is Cc1cc(N)cc(NCC2CCCCC2O)c1. The minimum absolute atomic E-state index is 0.140. The predicted molar refractivity (Wildman–Crippen MR) is 72.0 cm³/mol. The van der Waals surface area contributed by atoms with Gasteiger partial charge in [0.15, 0.2) is 0 Å². The lowest BCUT2D eigenvalue weighted by Gasteiger charge is -2.28. The van der Waals surface area contributed by atoms with Gasteiger partial charge in [0.2, 0.25) is 0 Å². The van der Waals surface area contributed by atoms with E-state index in [0.29, 0.717) is 5.92 Å². The van der Waals surface area contributed by atoms with Crippen molar-refractivity contribution in [1.82, 2.24) is 0 Å². The molecule has 94 valence electrons. The largest absolute Gasteiger partial charge is 0.399 e. The van der Waals surface area contributed by atoms with Crippen LogP contribution in [0.3, 0.4) is 0 Å². The number of nitrogen functional groups attached to an aromatic ring is 1. The van der Waals surface area contributed by atoms with E-state index in [9.17, 15) is 5.11 Å². The van der Waals surface area contributed by atoms with Crippen LogP contribution in [-0.2, 0) is 0 Å². The fraction of sp³-hybridized carbons (Fsp3) is 0.571. The van der Waals surface area contributed by atoms with Gasteiger partial charge in [-0.3, -0.25) is 0 Å². The average Bonchev–Trinajstić information content (AvgIpc) is 2.27. The fourth-order valence-corrected chi connectivity index (χ4v) is 2.59. The molecule has 0 saturated heterocycles. The third kappa shape index (κ3) is 3.37. The number of nitrogens with one attached hydrogen (secondary N) is 1. The molecule has 17 heavy (non-hydrogen) atoms. The topological polar surface area (TPSA) is 58.3 Å². The van der Waals surface area contributed by atoms with E-state index in [1.54, 1.807) is 0 Å². The number of anilines is 2. The Hall–Kier alpha value is -1.22. The molecule has 2 unspecified atom stereocenters. The lowest BCUT2D eigenvalue weighted by molar-refractivity contribution is 0.0763. The minimum atomic E-state index is -0.140. The van der Waals surface area contributed by atoms with Gasteiger partial charge >= 0.3 is 0 Å². The summed E-state index contributed by atoms with van der Waals surface area (Å²) in [5.41, 5.74) is 8.81. The zero-order valence-electron chi connectivity index (χ0n) is 10.4. The smallest absolute Gasteiger partial charge is 0.0585 e. The van der Waals surface area contributed by atoms with Gasteiger partial charge in [0.25, 0.3) is 0 Å². The molecular formula is C14H22N2O. The molecule has 2 atom stereocenters. The van der Waals surface area contributed by atoms with E-state index < -0.39 is 0 Å². The van der Waals surface area contributed by atoms with Gasteiger partial charge in [-0.2, -0.15) is 0 Å². The van der Waals surface area contributed by atoms with Crippen molar-refractivity contribution >= 4 is 11.4 Å². The van der Waals surface area contributed by atoms with E-state index in [-0.39, 0.29) is 6.10 Å². The maximum absolute atomic E-state index is 9.89. The second kappa shape index (κ2) is 5.41. The van der Waals surface area contributed by atoms with E-state index in [2.05, 4.69) is 11.4 Å². The summed E-state index contributed by atoms with van der Waals surface area (Å²) in [6.07, 6.45) is 4.32. The second-order valence-corrected chi connectivity index (χ2v) is 5.13. The summed E-state index contributed by atoms with van der Waals surface area (Å²) in [4.78, 5) is 0. The molecule has 3 nitrogen and oxygen atoms in total. The molecule has 1 aromatic rings. The Bertz CT molecular complexity index is 358. The van der Waals surface area contributed by atoms with E-state index in [0.717, 1.165) is 42.7 Å². The summed E-state index contributed by atoms with van der Waals surface area (Å²) in [5.74, 6) is 0.380. The first-order valence-electron chi connectivity index (χ1n) is 6.44. The summed E-state index contributed by atoms with van der Waals surface area (Å²) in [5, 5.41) is 13.3. The van der Waals surface area contributed by atoms with Crippen molar-refractivity contribution in [2.45, 2.75) is 38.7 Å². The lowest BCUT2D eigenvalue weighted by atomic mass is 9.86. The van der Waals surface area contributed by atoms with E-state index in [4.69, 9.17) is 5.73 Å². The van der Waals surface area contributed by atoms with Crippen molar-refractivity contribution in [3.63, 3.8) is 0 Å². The quantitative estimate of drug-likeness (QED) is 0.704. The molecule has 2 rings (SSSR count). The summed E-state index contributed by atoms with van der Waals surface area (Å²) in [7, 11) is 0. The molecule has 1 fully saturated rings. The molecule has 1 aliphatic rings. The Kier molecular flexibility index (Phi) is 3.89. The summed E-state index contributed by atoms with van der Waals surface area (Å²) < 4.78 is 0. The van der Waals surface area contributed by atoms with Crippen molar-refractivity contribution in [3.8, 4) is 0 Å². The standard InChI is InChI=1S/C14H22N2O/c1-10-6-12(15)8-13(7-10)16-9-11-4-2-3-5-14(11)17/h6-8,11,14,16-17H,2-5,9,15H2,1H3. The van der Waals surface area contributed by atoms with Crippen molar-refractivity contribution in [2.75, 3.05) is 17.6 Å². The molecule has 0 heterocycles. The molecular weight excluding hydrogens is 212 g/mol. The summed E-state index contributed by atoms with van der Waals surface area (Å²) in [6, 6.07) is 5.99. The molecule has 3 heteroatoms. The van der Waals surface area contributed by atoms with Crippen LogP contribution in [0.1, 0.15) is 31.2 Å². The van der Waals surface area contributed by atoms with Gasteiger partial charge in [-0.15, -0.1) is 0 Å². The maximum Gasteiger partial charge on any atom is 0.0585 e. The Labute approximate surface area is 103 Å². The van der Waals surface area contributed by atoms with Crippen LogP contribution in [0.15, 0.2) is 18.2 Å². The monoisotopic (exact) mass is 234 g/mol. The van der Waals surface area contributed by atoms with Crippen LogP contribution in [0.5, 0.6) is 0 Å². The van der Waals surface area contributed by atoms with Gasteiger partial charge in [-0.25, -0.2) is 0 Å². The Morgan fingerprint density at radius 2 is 2.06 bits per heavy atom. The molecule has 0 spiro atoms. The van der Waals surface area contributed by atoms with Crippen LogP contribution in [-0.4, -0.2) is 17.8 Å². The van der Waals surface area contributed by atoms with Crippen LogP contribution in [0, 0.1) is 12.8 Å². The first-order valence-corrected chi connectivity index (χ1v) is 6.44. The van der Waals surface area contributed by atoms with E-state index in [1.807, 2.05) is 19.1 Å². The van der Waals surface area contributed by atoms with Gasteiger partial charge in [0.05, 0.1) is 6.10 Å². The normalized spacial score (nSPS) is 24.6. The molecule has 0 aliphatic heterocycles. The van der Waals surface area contributed by atoms with Crippen LogP contribution >= 0.6 is 0 Å². The minimum Gasteiger partial charge on any atom is -0.399 e. The van der Waals surface area contributed by atoms with Gasteiger partial charge in [-0.1, -0.05) is 12.8 Å². The Morgan fingerprint density at radius 3 is 2.76 bits per heavy atom. The number of aliphatic hydroxyl groups excluding tert-OH is 1. The maximum atomic E-state index is 9.89. The number of aryl methyl sites for hydroxylation is 1. The number of rotatable bonds is 3. The predicted octanol–water partition coefficient (Wildman–Crippen LogP) is 2.54. The number of hydrogen-bond donors (Lipinski definition) is 3. The Morgan fingerprint density at radius 1 is 1.29 bits per heavy atom. The van der Waals surface area contributed by atoms with Crippen molar-refractivity contribution in [1.29, 1.82) is 0 Å². The highest BCUT2D eigenvalue weighted by Gasteiger charge is 2.22. The van der Waals surface area contributed by atoms with Gasteiger partial charge < -0.3 is 16.2 Å². The molecule has 0 bridgehead atoms. The highest BCUT2D eigenvalue weighted by molar-refractivity contribution is 5.56. The molecule has 1 saturated carbocycles. The molecule has 0 aromatic heterocycles. The number of nitrogens with two attached hydrogens (primary N) is 1. The second-order valence-electron chi connectivity index (χ2n) is 5.13. The molecule has 4 N–H and O–H groups in total. The Balaban J connectivity index is 1.92. The van der Waals surface area contributed by atoms with Crippen LogP contribution < -0.4 is 11.1 Å². The number of aliphatic hydroxyl groups is 1. The first-order chi connectivity index (χ1) is 8.15. The summed E-state index contributed by atoms with van der Waals surface area (Å²) >= 11 is 0. The number of hydrogen-bond acceptors (Lipinski definition) is 3. The van der Waals surface area contributed by atoms with Crippen LogP contribution in [0.2, 0.25) is 0 Å². The molecule has 0 radical (unpaired) electrons. The lowest BCUT2D eigenvalue weighted by Crippen LogP contribution is -2.30. The van der Waals surface area contributed by atoms with Gasteiger partial charge in [0.1, 0.15) is 0 Å². The van der Waals surface area contributed by atoms with Gasteiger partial charge in [-0.05, 0) is 43.5 Å². The first kappa shape index (κ1) is 12.2. The fourth-order valence-electron chi connectivity index (χ4n) is 2.59. The third-order valence-corrected chi connectivity index (χ3v) is 3.54. The highest BCUT2D eigenvalue weighted by Crippen LogP contribution is 2.25. The third-order valence-electron chi connectivity index (χ3n) is 3.54. The van der Waals surface area contributed by atoms with Crippen molar-refractivity contribution in [2.24, 2.45) is 5.92 Å². The summed E-state index contributed by atoms with van der Waals surface area (Å²) in [6.45, 7) is 2.88. The van der Waals surface area contributed by atoms with E-state index >= 15 is 0 Å². The number of benzene rings is 1. The molecule has 1 aliphatic carbocycles. The molecule has 0 amide bonds. The molecule has 1 aromatic carbocycles. The van der Waals surface area contributed by atoms with Crippen molar-refractivity contribution in [3.05, 3.63) is 23.8 Å². The van der Waals surface area contributed by atoms with Gasteiger partial charge in [0, 0.05) is 23.8 Å². The average molecular weight is 234 g/mol. The zero-order chi connectivity index (χ0) is 12.3.